The number of fused-ring (bicyclic) bond motifs is 1. The highest BCUT2D eigenvalue weighted by Crippen LogP contribution is 2.29. The molecule has 0 aromatic heterocycles. The van der Waals surface area contributed by atoms with Crippen molar-refractivity contribution < 1.29 is 9.50 Å². The molecule has 16 heavy (non-hydrogen) atoms. The van der Waals surface area contributed by atoms with E-state index < -0.39 is 5.82 Å². The number of halogens is 1. The molecule has 1 N–H and O–H groups in total. The van der Waals surface area contributed by atoms with Gasteiger partial charge in [0.25, 0.3) is 0 Å². The van der Waals surface area contributed by atoms with E-state index in [1.807, 2.05) is 13.0 Å². The Balaban J connectivity index is 2.97. The van der Waals surface area contributed by atoms with E-state index >= 15 is 0 Å². The maximum atomic E-state index is 13.5. The Labute approximate surface area is 92.6 Å². The van der Waals surface area contributed by atoms with Gasteiger partial charge < -0.3 is 5.11 Å². The highest BCUT2D eigenvalue weighted by molar-refractivity contribution is 5.92. The molecule has 0 bridgehead atoms. The molecule has 0 aliphatic carbocycles. The molecule has 0 radical (unpaired) electrons. The molecule has 0 heterocycles. The summed E-state index contributed by atoms with van der Waals surface area (Å²) in [5, 5.41) is 19.7. The van der Waals surface area contributed by atoms with Gasteiger partial charge in [-0.25, -0.2) is 4.39 Å². The van der Waals surface area contributed by atoms with E-state index in [1.54, 1.807) is 12.1 Å². The number of nitrogens with zero attached hydrogens (tertiary/aromatic N) is 1. The predicted molar refractivity (Wildman–Crippen MR) is 59.7 cm³/mol. The van der Waals surface area contributed by atoms with Crippen molar-refractivity contribution in [1.29, 1.82) is 5.26 Å². The maximum Gasteiger partial charge on any atom is 0.141 e. The Morgan fingerprint density at radius 1 is 1.38 bits per heavy atom. The van der Waals surface area contributed by atoms with Crippen molar-refractivity contribution in [2.45, 2.75) is 13.3 Å². The Morgan fingerprint density at radius 3 is 2.75 bits per heavy atom. The average molecular weight is 215 g/mol. The van der Waals surface area contributed by atoms with E-state index in [1.165, 1.54) is 12.1 Å². The number of aromatic hydroxyl groups is 1. The van der Waals surface area contributed by atoms with E-state index in [4.69, 9.17) is 5.26 Å². The number of hydrogen-bond acceptors (Lipinski definition) is 2. The third kappa shape index (κ3) is 1.49. The monoisotopic (exact) mass is 215 g/mol. The van der Waals surface area contributed by atoms with Crippen molar-refractivity contribution in [1.82, 2.24) is 0 Å². The Bertz CT molecular complexity index is 599. The minimum atomic E-state index is -0.518. The van der Waals surface area contributed by atoms with Crippen molar-refractivity contribution in [3.63, 3.8) is 0 Å². The normalized spacial score (nSPS) is 10.3. The van der Waals surface area contributed by atoms with Gasteiger partial charge in [0.05, 0.1) is 5.56 Å². The molecule has 3 heteroatoms. The molecule has 0 spiro atoms. The van der Waals surface area contributed by atoms with Crippen LogP contribution in [0.2, 0.25) is 0 Å². The molecule has 0 saturated carbocycles. The number of phenolic OH excluding ortho intramolecular Hbond substituents is 1. The highest BCUT2D eigenvalue weighted by Gasteiger charge is 2.11. The van der Waals surface area contributed by atoms with E-state index in [9.17, 15) is 9.50 Å². The molecule has 0 fully saturated rings. The largest absolute Gasteiger partial charge is 0.508 e. The van der Waals surface area contributed by atoms with Gasteiger partial charge in [-0.2, -0.15) is 5.26 Å². The number of phenols is 1. The number of hydrogen-bond donors (Lipinski definition) is 1. The zero-order valence-corrected chi connectivity index (χ0v) is 8.79. The van der Waals surface area contributed by atoms with Gasteiger partial charge in [-0.3, -0.25) is 0 Å². The van der Waals surface area contributed by atoms with Gasteiger partial charge in [-0.05, 0) is 35.6 Å². The van der Waals surface area contributed by atoms with E-state index in [-0.39, 0.29) is 11.3 Å². The first kappa shape index (κ1) is 10.4. The minimum Gasteiger partial charge on any atom is -0.508 e. The molecule has 0 saturated heterocycles. The van der Waals surface area contributed by atoms with Crippen LogP contribution in [-0.2, 0) is 6.42 Å². The molecule has 0 atom stereocenters. The van der Waals surface area contributed by atoms with E-state index in [0.29, 0.717) is 17.2 Å². The fourth-order valence-electron chi connectivity index (χ4n) is 1.90. The van der Waals surface area contributed by atoms with Crippen LogP contribution in [0.4, 0.5) is 4.39 Å². The zero-order valence-electron chi connectivity index (χ0n) is 8.79. The molecular formula is C13H10FNO. The molecule has 0 amide bonds. The van der Waals surface area contributed by atoms with Crippen molar-refractivity contribution in [2.75, 3.05) is 0 Å². The summed E-state index contributed by atoms with van der Waals surface area (Å²) in [6, 6.07) is 7.81. The maximum absolute atomic E-state index is 13.5. The summed E-state index contributed by atoms with van der Waals surface area (Å²) in [4.78, 5) is 0. The SMILES string of the molecule is CCc1cc(O)cc2ccc(F)c(C#N)c12. The molecule has 0 unspecified atom stereocenters. The summed E-state index contributed by atoms with van der Waals surface area (Å²) in [5.74, 6) is -0.379. The van der Waals surface area contributed by atoms with Crippen LogP contribution in [0.1, 0.15) is 18.1 Å². The van der Waals surface area contributed by atoms with Gasteiger partial charge in [0.15, 0.2) is 0 Å². The molecule has 2 aromatic rings. The van der Waals surface area contributed by atoms with Crippen LogP contribution < -0.4 is 0 Å². The van der Waals surface area contributed by atoms with Gasteiger partial charge >= 0.3 is 0 Å². The van der Waals surface area contributed by atoms with Crippen molar-refractivity contribution >= 4 is 10.8 Å². The van der Waals surface area contributed by atoms with Crippen molar-refractivity contribution in [3.8, 4) is 11.8 Å². The summed E-state index contributed by atoms with van der Waals surface area (Å²) in [6.07, 6.45) is 0.642. The van der Waals surface area contributed by atoms with Gasteiger partial charge in [0.1, 0.15) is 17.6 Å². The molecule has 2 rings (SSSR count). The van der Waals surface area contributed by atoms with Crippen LogP contribution in [0.5, 0.6) is 5.75 Å². The average Bonchev–Trinajstić information content (AvgIpc) is 2.28. The lowest BCUT2D eigenvalue weighted by Gasteiger charge is -2.08. The number of nitriles is 1. The predicted octanol–water partition coefficient (Wildman–Crippen LogP) is 3.12. The van der Waals surface area contributed by atoms with Gasteiger partial charge in [-0.15, -0.1) is 0 Å². The summed E-state index contributed by atoms with van der Waals surface area (Å²) < 4.78 is 13.5. The fraction of sp³-hybridized carbons (Fsp3) is 0.154. The standard InChI is InChI=1S/C13H10FNO/c1-2-8-5-10(16)6-9-3-4-12(14)11(7-15)13(8)9/h3-6,16H,2H2,1H3. The van der Waals surface area contributed by atoms with Crippen LogP contribution in [0.25, 0.3) is 10.8 Å². The summed E-state index contributed by atoms with van der Waals surface area (Å²) in [6.45, 7) is 1.90. The van der Waals surface area contributed by atoms with E-state index in [0.717, 1.165) is 5.56 Å². The second-order valence-electron chi connectivity index (χ2n) is 3.59. The van der Waals surface area contributed by atoms with Gasteiger partial charge in [0.2, 0.25) is 0 Å². The lowest BCUT2D eigenvalue weighted by Crippen LogP contribution is -1.91. The fourth-order valence-corrected chi connectivity index (χ4v) is 1.90. The smallest absolute Gasteiger partial charge is 0.141 e. The summed E-state index contributed by atoms with van der Waals surface area (Å²) in [5.41, 5.74) is 0.834. The summed E-state index contributed by atoms with van der Waals surface area (Å²) >= 11 is 0. The third-order valence-corrected chi connectivity index (χ3v) is 2.63. The molecular weight excluding hydrogens is 205 g/mol. The minimum absolute atomic E-state index is 0.0503. The third-order valence-electron chi connectivity index (χ3n) is 2.63. The lowest BCUT2D eigenvalue weighted by atomic mass is 9.97. The van der Waals surface area contributed by atoms with Gasteiger partial charge in [-0.1, -0.05) is 13.0 Å². The van der Waals surface area contributed by atoms with E-state index in [2.05, 4.69) is 0 Å². The molecule has 2 aromatic carbocycles. The lowest BCUT2D eigenvalue weighted by molar-refractivity contribution is 0.475. The molecule has 80 valence electrons. The number of benzene rings is 2. The molecule has 0 aliphatic heterocycles. The van der Waals surface area contributed by atoms with Gasteiger partial charge in [0, 0.05) is 5.39 Å². The summed E-state index contributed by atoms with van der Waals surface area (Å²) in [7, 11) is 0. The molecule has 0 aliphatic rings. The van der Waals surface area contributed by atoms with Crippen LogP contribution in [0, 0.1) is 17.1 Å². The Hall–Kier alpha value is -2.08. The van der Waals surface area contributed by atoms with Crippen LogP contribution >= 0.6 is 0 Å². The highest BCUT2D eigenvalue weighted by atomic mass is 19.1. The first-order chi connectivity index (χ1) is 7.67. The van der Waals surface area contributed by atoms with Crippen LogP contribution in [0.15, 0.2) is 24.3 Å². The first-order valence-corrected chi connectivity index (χ1v) is 5.01. The first-order valence-electron chi connectivity index (χ1n) is 5.01. The Kier molecular flexibility index (Phi) is 2.49. The van der Waals surface area contributed by atoms with Crippen molar-refractivity contribution in [3.05, 3.63) is 41.2 Å². The number of rotatable bonds is 1. The second kappa shape index (κ2) is 3.82. The molecule has 2 nitrogen and oxygen atoms in total. The number of aryl methyl sites for hydroxylation is 1. The Morgan fingerprint density at radius 2 is 2.12 bits per heavy atom. The van der Waals surface area contributed by atoms with Crippen LogP contribution in [0.3, 0.4) is 0 Å². The topological polar surface area (TPSA) is 44.0 Å². The van der Waals surface area contributed by atoms with Crippen molar-refractivity contribution in [2.24, 2.45) is 0 Å². The van der Waals surface area contributed by atoms with Crippen LogP contribution in [-0.4, -0.2) is 5.11 Å². The second-order valence-corrected chi connectivity index (χ2v) is 3.59. The quantitative estimate of drug-likeness (QED) is 0.794. The zero-order chi connectivity index (χ0) is 11.7.